The van der Waals surface area contributed by atoms with Crippen LogP contribution in [-0.4, -0.2) is 22.1 Å². The predicted molar refractivity (Wildman–Crippen MR) is 95.2 cm³/mol. The lowest BCUT2D eigenvalue weighted by molar-refractivity contribution is 0.467. The highest BCUT2D eigenvalue weighted by molar-refractivity contribution is 6.18. The third-order valence-electron chi connectivity index (χ3n) is 4.30. The summed E-state index contributed by atoms with van der Waals surface area (Å²) in [5, 5.41) is 20.3. The first kappa shape index (κ1) is 15.1. The molecule has 0 saturated heterocycles. The van der Waals surface area contributed by atoms with Crippen LogP contribution in [-0.2, 0) is 0 Å². The number of aliphatic imine (C=N–C) groups is 1. The molecule has 2 heterocycles. The molecule has 0 radical (unpaired) electrons. The molecule has 0 saturated carbocycles. The highest BCUT2D eigenvalue weighted by atomic mass is 19.1. The van der Waals surface area contributed by atoms with Crippen LogP contribution in [0.25, 0.3) is 0 Å². The maximum absolute atomic E-state index is 14.5. The smallest absolute Gasteiger partial charge is 0.132 e. The zero-order valence-corrected chi connectivity index (χ0v) is 13.1. The minimum Gasteiger partial charge on any atom is -0.508 e. The van der Waals surface area contributed by atoms with Gasteiger partial charge in [0.15, 0.2) is 0 Å². The Morgan fingerprint density at radius 1 is 1.12 bits per heavy atom. The summed E-state index contributed by atoms with van der Waals surface area (Å²) in [6, 6.07) is 13.1. The number of H-pyrrole nitrogens is 1. The summed E-state index contributed by atoms with van der Waals surface area (Å²) < 4.78 is 14.5. The highest BCUT2D eigenvalue weighted by Crippen LogP contribution is 2.37. The van der Waals surface area contributed by atoms with Crippen LogP contribution in [0, 0.1) is 11.2 Å². The summed E-state index contributed by atoms with van der Waals surface area (Å²) in [7, 11) is 0. The SMILES string of the molecule is N=CN=C1c2ccccc2NC(c2ccc(O)cc2F)c2cc[nH]c21. The maximum atomic E-state index is 14.5. The second kappa shape index (κ2) is 5.90. The molecule has 3 aromatic rings. The van der Waals surface area contributed by atoms with E-state index in [1.54, 1.807) is 12.3 Å². The van der Waals surface area contributed by atoms with Crippen LogP contribution in [0.5, 0.6) is 5.75 Å². The number of benzene rings is 2. The van der Waals surface area contributed by atoms with Gasteiger partial charge in [-0.25, -0.2) is 9.38 Å². The number of aromatic hydroxyl groups is 1. The third-order valence-corrected chi connectivity index (χ3v) is 4.30. The fourth-order valence-electron chi connectivity index (χ4n) is 3.20. The number of rotatable bonds is 2. The number of phenolic OH excluding ortho intramolecular Hbond substituents is 1. The molecule has 25 heavy (non-hydrogen) atoms. The van der Waals surface area contributed by atoms with Gasteiger partial charge in [-0.3, -0.25) is 5.41 Å². The number of hydrogen-bond acceptors (Lipinski definition) is 3. The summed E-state index contributed by atoms with van der Waals surface area (Å²) in [4.78, 5) is 7.37. The summed E-state index contributed by atoms with van der Waals surface area (Å²) >= 11 is 0. The molecule has 0 amide bonds. The first-order valence-corrected chi connectivity index (χ1v) is 7.78. The van der Waals surface area contributed by atoms with Crippen LogP contribution < -0.4 is 5.32 Å². The lowest BCUT2D eigenvalue weighted by Crippen LogP contribution is -2.13. The molecule has 1 aliphatic heterocycles. The van der Waals surface area contributed by atoms with Gasteiger partial charge in [0.1, 0.15) is 17.9 Å². The quantitative estimate of drug-likeness (QED) is 0.424. The van der Waals surface area contributed by atoms with Gasteiger partial charge in [-0.1, -0.05) is 24.3 Å². The minimum absolute atomic E-state index is 0.115. The van der Waals surface area contributed by atoms with E-state index in [0.29, 0.717) is 11.3 Å². The van der Waals surface area contributed by atoms with Crippen molar-refractivity contribution in [2.45, 2.75) is 6.04 Å². The molecule has 124 valence electrons. The molecular formula is C19H15FN4O. The Kier molecular flexibility index (Phi) is 3.57. The molecule has 0 fully saturated rings. The maximum Gasteiger partial charge on any atom is 0.132 e. The van der Waals surface area contributed by atoms with E-state index in [-0.39, 0.29) is 5.75 Å². The molecule has 2 aromatic carbocycles. The normalized spacial score (nSPS) is 17.3. The number of phenols is 1. The number of para-hydroxylation sites is 1. The van der Waals surface area contributed by atoms with Crippen molar-refractivity contribution in [1.29, 1.82) is 5.41 Å². The van der Waals surface area contributed by atoms with E-state index >= 15 is 0 Å². The van der Waals surface area contributed by atoms with E-state index in [1.807, 2.05) is 30.3 Å². The average Bonchev–Trinajstić information content (AvgIpc) is 3.03. The predicted octanol–water partition coefficient (Wildman–Crippen LogP) is 3.82. The molecule has 0 bridgehead atoms. The largest absolute Gasteiger partial charge is 0.508 e. The van der Waals surface area contributed by atoms with Gasteiger partial charge in [-0.05, 0) is 18.2 Å². The second-order valence-electron chi connectivity index (χ2n) is 5.74. The molecular weight excluding hydrogens is 319 g/mol. The Hall–Kier alpha value is -3.41. The zero-order chi connectivity index (χ0) is 17.4. The molecule has 1 unspecified atom stereocenters. The topological polar surface area (TPSA) is 84.3 Å². The van der Waals surface area contributed by atoms with Crippen molar-refractivity contribution in [3.8, 4) is 5.75 Å². The van der Waals surface area contributed by atoms with Gasteiger partial charge in [0.2, 0.25) is 0 Å². The fourth-order valence-corrected chi connectivity index (χ4v) is 3.20. The van der Waals surface area contributed by atoms with Crippen LogP contribution in [0.3, 0.4) is 0 Å². The van der Waals surface area contributed by atoms with Crippen molar-refractivity contribution >= 4 is 17.7 Å². The van der Waals surface area contributed by atoms with Crippen LogP contribution in [0.15, 0.2) is 59.7 Å². The van der Waals surface area contributed by atoms with Crippen molar-refractivity contribution in [2.75, 3.05) is 5.32 Å². The van der Waals surface area contributed by atoms with Gasteiger partial charge >= 0.3 is 0 Å². The monoisotopic (exact) mass is 334 g/mol. The number of anilines is 1. The zero-order valence-electron chi connectivity index (χ0n) is 13.1. The Morgan fingerprint density at radius 2 is 1.96 bits per heavy atom. The summed E-state index contributed by atoms with van der Waals surface area (Å²) in [5.41, 5.74) is 4.23. The van der Waals surface area contributed by atoms with Crippen LogP contribution in [0.2, 0.25) is 0 Å². The van der Waals surface area contributed by atoms with Crippen molar-refractivity contribution in [2.24, 2.45) is 4.99 Å². The number of hydrogen-bond donors (Lipinski definition) is 4. The second-order valence-corrected chi connectivity index (χ2v) is 5.74. The van der Waals surface area contributed by atoms with Gasteiger partial charge in [0, 0.05) is 34.6 Å². The summed E-state index contributed by atoms with van der Waals surface area (Å²) in [6.07, 6.45) is 2.77. The summed E-state index contributed by atoms with van der Waals surface area (Å²) in [5.74, 6) is -0.606. The molecule has 1 atom stereocenters. The third kappa shape index (κ3) is 2.48. The Balaban J connectivity index is 1.97. The first-order chi connectivity index (χ1) is 12.2. The number of nitrogens with one attached hydrogen (secondary N) is 3. The van der Waals surface area contributed by atoms with Gasteiger partial charge < -0.3 is 15.4 Å². The van der Waals surface area contributed by atoms with Crippen LogP contribution in [0.1, 0.15) is 28.4 Å². The van der Waals surface area contributed by atoms with Crippen molar-refractivity contribution in [3.63, 3.8) is 0 Å². The van der Waals surface area contributed by atoms with E-state index < -0.39 is 11.9 Å². The molecule has 1 aromatic heterocycles. The van der Waals surface area contributed by atoms with Crippen molar-refractivity contribution in [3.05, 3.63) is 82.9 Å². The van der Waals surface area contributed by atoms with Gasteiger partial charge in [0.25, 0.3) is 0 Å². The lowest BCUT2D eigenvalue weighted by atomic mass is 9.97. The molecule has 5 nitrogen and oxygen atoms in total. The van der Waals surface area contributed by atoms with E-state index in [4.69, 9.17) is 5.41 Å². The summed E-state index contributed by atoms with van der Waals surface area (Å²) in [6.45, 7) is 0. The fraction of sp³-hybridized carbons (Fsp3) is 0.0526. The molecule has 6 heteroatoms. The number of fused-ring (bicyclic) bond motifs is 2. The van der Waals surface area contributed by atoms with Crippen molar-refractivity contribution < 1.29 is 9.50 Å². The van der Waals surface area contributed by atoms with Crippen LogP contribution >= 0.6 is 0 Å². The Bertz CT molecular complexity index is 993. The molecule has 1 aliphatic rings. The highest BCUT2D eigenvalue weighted by Gasteiger charge is 2.29. The number of aromatic nitrogens is 1. The van der Waals surface area contributed by atoms with Gasteiger partial charge in [0.05, 0.1) is 17.4 Å². The Morgan fingerprint density at radius 3 is 2.76 bits per heavy atom. The molecule has 4 rings (SSSR count). The number of nitrogens with zero attached hydrogens (tertiary/aromatic N) is 1. The molecule has 4 N–H and O–H groups in total. The standard InChI is InChI=1S/C19H15FN4O/c20-15-9-11(25)5-6-12(15)17-14-7-8-22-19(14)18(23-10-21)13-3-1-2-4-16(13)24-17/h1-10,17,21-22,24-25H. The Labute approximate surface area is 143 Å². The van der Waals surface area contributed by atoms with E-state index in [2.05, 4.69) is 15.3 Å². The molecule has 0 spiro atoms. The van der Waals surface area contributed by atoms with Gasteiger partial charge in [-0.15, -0.1) is 0 Å². The first-order valence-electron chi connectivity index (χ1n) is 7.78. The average molecular weight is 334 g/mol. The lowest BCUT2D eigenvalue weighted by Gasteiger charge is -2.20. The molecule has 0 aliphatic carbocycles. The van der Waals surface area contributed by atoms with E-state index in [9.17, 15) is 9.50 Å². The van der Waals surface area contributed by atoms with Crippen LogP contribution in [0.4, 0.5) is 10.1 Å². The van der Waals surface area contributed by atoms with Crippen molar-refractivity contribution in [1.82, 2.24) is 4.98 Å². The number of halogens is 1. The minimum atomic E-state index is -0.491. The van der Waals surface area contributed by atoms with E-state index in [0.717, 1.165) is 34.9 Å². The van der Waals surface area contributed by atoms with E-state index in [1.165, 1.54) is 6.07 Å². The number of aromatic amines is 1. The van der Waals surface area contributed by atoms with Gasteiger partial charge in [-0.2, -0.15) is 0 Å².